The average Bonchev–Trinajstić information content (AvgIpc) is 2.57. The van der Waals surface area contributed by atoms with Gasteiger partial charge < -0.3 is 0 Å². The van der Waals surface area contributed by atoms with Crippen molar-refractivity contribution in [3.05, 3.63) is 11.4 Å². The van der Waals surface area contributed by atoms with E-state index in [0.29, 0.717) is 12.0 Å². The molecule has 92 valence electrons. The van der Waals surface area contributed by atoms with Crippen LogP contribution < -0.4 is 0 Å². The van der Waals surface area contributed by atoms with Crippen molar-refractivity contribution in [3.8, 4) is 0 Å². The molecule has 0 unspecified atom stereocenters. The normalized spacial score (nSPS) is 11.7. The zero-order valence-electron chi connectivity index (χ0n) is 11.3. The van der Waals surface area contributed by atoms with Gasteiger partial charge in [0.1, 0.15) is 0 Å². The van der Waals surface area contributed by atoms with E-state index in [9.17, 15) is 0 Å². The van der Waals surface area contributed by atoms with Gasteiger partial charge >= 0.3 is 0 Å². The minimum atomic E-state index is 0.414. The van der Waals surface area contributed by atoms with Crippen LogP contribution in [0.3, 0.4) is 0 Å². The van der Waals surface area contributed by atoms with Crippen LogP contribution in [-0.2, 0) is 12.8 Å². The van der Waals surface area contributed by atoms with E-state index in [1.165, 1.54) is 24.2 Å². The fourth-order valence-electron chi connectivity index (χ4n) is 1.90. The fourth-order valence-corrected chi connectivity index (χ4v) is 1.90. The second-order valence-electron chi connectivity index (χ2n) is 5.22. The Hall–Kier alpha value is -0.860. The van der Waals surface area contributed by atoms with Gasteiger partial charge in [-0.3, -0.25) is 0 Å². The van der Waals surface area contributed by atoms with Crippen molar-refractivity contribution in [2.45, 2.75) is 66.3 Å². The first kappa shape index (κ1) is 13.2. The van der Waals surface area contributed by atoms with E-state index in [2.05, 4.69) is 49.6 Å². The number of rotatable bonds is 6. The van der Waals surface area contributed by atoms with Crippen LogP contribution in [0.25, 0.3) is 0 Å². The van der Waals surface area contributed by atoms with Gasteiger partial charge in [-0.25, -0.2) is 4.68 Å². The van der Waals surface area contributed by atoms with Gasteiger partial charge in [-0.05, 0) is 39.0 Å². The highest BCUT2D eigenvalue weighted by Crippen LogP contribution is 2.17. The fraction of sp³-hybridized carbons (Fsp3) is 0.846. The lowest BCUT2D eigenvalue weighted by Gasteiger charge is -2.12. The van der Waals surface area contributed by atoms with Crippen molar-refractivity contribution in [1.82, 2.24) is 15.0 Å². The molecule has 3 heteroatoms. The van der Waals surface area contributed by atoms with Crippen molar-refractivity contribution < 1.29 is 0 Å². The highest BCUT2D eigenvalue weighted by molar-refractivity contribution is 5.11. The molecule has 16 heavy (non-hydrogen) atoms. The third kappa shape index (κ3) is 3.32. The summed E-state index contributed by atoms with van der Waals surface area (Å²) >= 11 is 0. The topological polar surface area (TPSA) is 30.7 Å². The third-order valence-electron chi connectivity index (χ3n) is 2.73. The number of hydrogen-bond donors (Lipinski definition) is 0. The average molecular weight is 223 g/mol. The van der Waals surface area contributed by atoms with Crippen LogP contribution >= 0.6 is 0 Å². The van der Waals surface area contributed by atoms with Crippen molar-refractivity contribution in [1.29, 1.82) is 0 Å². The zero-order valence-corrected chi connectivity index (χ0v) is 11.3. The molecule has 0 atom stereocenters. The van der Waals surface area contributed by atoms with Crippen LogP contribution in [-0.4, -0.2) is 15.0 Å². The van der Waals surface area contributed by atoms with E-state index in [1.807, 2.05) is 0 Å². The predicted molar refractivity (Wildman–Crippen MR) is 67.6 cm³/mol. The van der Waals surface area contributed by atoms with Crippen LogP contribution in [0.5, 0.6) is 0 Å². The standard InChI is InChI=1S/C13H25N3/c1-6-7-8-12-13(9-10(2)3)16(11(4)5)15-14-12/h10-11H,6-9H2,1-5H3. The van der Waals surface area contributed by atoms with E-state index in [4.69, 9.17) is 0 Å². The molecule has 0 aliphatic rings. The Morgan fingerprint density at radius 1 is 1.19 bits per heavy atom. The maximum Gasteiger partial charge on any atom is 0.0859 e. The highest BCUT2D eigenvalue weighted by atomic mass is 15.4. The maximum absolute atomic E-state index is 4.34. The first-order valence-electron chi connectivity index (χ1n) is 6.49. The van der Waals surface area contributed by atoms with Gasteiger partial charge in [0.2, 0.25) is 0 Å². The Morgan fingerprint density at radius 3 is 2.38 bits per heavy atom. The molecular weight excluding hydrogens is 198 g/mol. The molecule has 0 radical (unpaired) electrons. The number of aromatic nitrogens is 3. The minimum absolute atomic E-state index is 0.414. The summed E-state index contributed by atoms with van der Waals surface area (Å²) in [5, 5.41) is 8.63. The van der Waals surface area contributed by atoms with Gasteiger partial charge in [0, 0.05) is 6.04 Å². The third-order valence-corrected chi connectivity index (χ3v) is 2.73. The molecule has 1 rings (SSSR count). The monoisotopic (exact) mass is 223 g/mol. The summed E-state index contributed by atoms with van der Waals surface area (Å²) in [6.07, 6.45) is 4.59. The van der Waals surface area contributed by atoms with Crippen molar-refractivity contribution in [2.75, 3.05) is 0 Å². The molecule has 1 aromatic rings. The maximum atomic E-state index is 4.34. The lowest BCUT2D eigenvalue weighted by molar-refractivity contribution is 0.477. The molecule has 0 bridgehead atoms. The molecule has 1 heterocycles. The summed E-state index contributed by atoms with van der Waals surface area (Å²) < 4.78 is 2.09. The minimum Gasteiger partial charge on any atom is -0.247 e. The zero-order chi connectivity index (χ0) is 12.1. The van der Waals surface area contributed by atoms with Crippen molar-refractivity contribution in [2.24, 2.45) is 5.92 Å². The molecule has 0 spiro atoms. The van der Waals surface area contributed by atoms with E-state index in [1.54, 1.807) is 0 Å². The van der Waals surface area contributed by atoms with Crippen LogP contribution in [0, 0.1) is 5.92 Å². The molecule has 0 fully saturated rings. The van der Waals surface area contributed by atoms with Gasteiger partial charge in [0.05, 0.1) is 11.4 Å². The number of aryl methyl sites for hydroxylation is 1. The number of unbranched alkanes of at least 4 members (excludes halogenated alkanes) is 1. The summed E-state index contributed by atoms with van der Waals surface area (Å²) in [6.45, 7) is 11.1. The summed E-state index contributed by atoms with van der Waals surface area (Å²) in [5.74, 6) is 0.663. The molecule has 0 aliphatic heterocycles. The van der Waals surface area contributed by atoms with Crippen molar-refractivity contribution >= 4 is 0 Å². The first-order valence-corrected chi connectivity index (χ1v) is 6.49. The van der Waals surface area contributed by atoms with Gasteiger partial charge in [-0.2, -0.15) is 0 Å². The SMILES string of the molecule is CCCCc1nnn(C(C)C)c1CC(C)C. The Balaban J connectivity index is 2.90. The molecule has 0 N–H and O–H groups in total. The summed E-state index contributed by atoms with van der Waals surface area (Å²) in [5.41, 5.74) is 2.56. The lowest BCUT2D eigenvalue weighted by atomic mass is 10.0. The molecule has 3 nitrogen and oxygen atoms in total. The van der Waals surface area contributed by atoms with E-state index in [0.717, 1.165) is 12.8 Å². The highest BCUT2D eigenvalue weighted by Gasteiger charge is 2.15. The molecule has 1 aromatic heterocycles. The first-order chi connectivity index (χ1) is 7.56. The second kappa shape index (κ2) is 6.02. The Bertz CT molecular complexity index is 313. The predicted octanol–water partition coefficient (Wildman–Crippen LogP) is 3.40. The largest absolute Gasteiger partial charge is 0.247 e. The van der Waals surface area contributed by atoms with E-state index in [-0.39, 0.29) is 0 Å². The van der Waals surface area contributed by atoms with Crippen LogP contribution in [0.1, 0.15) is 64.9 Å². The van der Waals surface area contributed by atoms with E-state index < -0.39 is 0 Å². The molecule has 0 aromatic carbocycles. The quantitative estimate of drug-likeness (QED) is 0.740. The number of nitrogens with zero attached hydrogens (tertiary/aromatic N) is 3. The molecular formula is C13H25N3. The summed E-state index contributed by atoms with van der Waals surface area (Å²) in [6, 6.07) is 0.414. The van der Waals surface area contributed by atoms with Crippen LogP contribution in [0.15, 0.2) is 0 Å². The van der Waals surface area contributed by atoms with Crippen molar-refractivity contribution in [3.63, 3.8) is 0 Å². The Labute approximate surface area is 99.2 Å². The Morgan fingerprint density at radius 2 is 1.88 bits per heavy atom. The molecule has 0 aliphatic carbocycles. The Kier molecular flexibility index (Phi) is 4.97. The van der Waals surface area contributed by atoms with Crippen LogP contribution in [0.4, 0.5) is 0 Å². The molecule has 0 amide bonds. The molecule has 0 saturated carbocycles. The van der Waals surface area contributed by atoms with Gasteiger partial charge in [0.25, 0.3) is 0 Å². The molecule has 0 saturated heterocycles. The number of hydrogen-bond acceptors (Lipinski definition) is 2. The van der Waals surface area contributed by atoms with Crippen LogP contribution in [0.2, 0.25) is 0 Å². The smallest absolute Gasteiger partial charge is 0.0859 e. The summed E-state index contributed by atoms with van der Waals surface area (Å²) in [4.78, 5) is 0. The van der Waals surface area contributed by atoms with Gasteiger partial charge in [-0.1, -0.05) is 32.4 Å². The van der Waals surface area contributed by atoms with Gasteiger partial charge in [-0.15, -0.1) is 5.10 Å². The van der Waals surface area contributed by atoms with Gasteiger partial charge in [0.15, 0.2) is 0 Å². The second-order valence-corrected chi connectivity index (χ2v) is 5.22. The lowest BCUT2D eigenvalue weighted by Crippen LogP contribution is -2.11. The summed E-state index contributed by atoms with van der Waals surface area (Å²) in [7, 11) is 0. The van der Waals surface area contributed by atoms with E-state index >= 15 is 0 Å².